The molecule has 2 rings (SSSR count). The first-order chi connectivity index (χ1) is 7.18. The highest BCUT2D eigenvalue weighted by atomic mass is 32.2. The molecule has 0 unspecified atom stereocenters. The molecule has 1 nitrogen and oxygen atoms in total. The van der Waals surface area contributed by atoms with Crippen LogP contribution in [0.1, 0.15) is 12.5 Å². The molecule has 0 aliphatic carbocycles. The van der Waals surface area contributed by atoms with E-state index in [-0.39, 0.29) is 5.12 Å². The van der Waals surface area contributed by atoms with Crippen molar-refractivity contribution >= 4 is 27.6 Å². The Hall–Kier alpha value is -1.28. The van der Waals surface area contributed by atoms with Gasteiger partial charge in [0.05, 0.1) is 0 Å². The predicted octanol–water partition coefficient (Wildman–Crippen LogP) is 3.79. The first kappa shape index (κ1) is 10.2. The molecule has 2 heteroatoms. The second-order valence-electron chi connectivity index (χ2n) is 3.50. The highest BCUT2D eigenvalue weighted by Gasteiger charge is 2.05. The molecule has 2 aromatic carbocycles. The van der Waals surface area contributed by atoms with Crippen LogP contribution in [0, 0.1) is 6.92 Å². The van der Waals surface area contributed by atoms with Crippen LogP contribution in [-0.2, 0) is 4.79 Å². The molecule has 0 atom stereocenters. The van der Waals surface area contributed by atoms with Crippen molar-refractivity contribution in [2.45, 2.75) is 18.7 Å². The third-order valence-electron chi connectivity index (χ3n) is 2.40. The number of carbonyl (C=O) groups is 1. The fourth-order valence-corrected chi connectivity index (χ4v) is 2.38. The molecule has 0 aliphatic rings. The number of carbonyl (C=O) groups excluding carboxylic acids is 1. The van der Waals surface area contributed by atoms with Gasteiger partial charge in [-0.1, -0.05) is 42.1 Å². The van der Waals surface area contributed by atoms with Crippen molar-refractivity contribution in [3.8, 4) is 0 Å². The van der Waals surface area contributed by atoms with E-state index < -0.39 is 0 Å². The van der Waals surface area contributed by atoms with Crippen LogP contribution in [-0.4, -0.2) is 5.12 Å². The predicted molar refractivity (Wildman–Crippen MR) is 65.2 cm³/mol. The van der Waals surface area contributed by atoms with Crippen LogP contribution in [0.4, 0.5) is 0 Å². The number of hydrogen-bond acceptors (Lipinski definition) is 2. The molecule has 0 aliphatic heterocycles. The fraction of sp³-hybridized carbons (Fsp3) is 0.154. The zero-order valence-corrected chi connectivity index (χ0v) is 9.60. The smallest absolute Gasteiger partial charge is 0.190 e. The molecule has 0 saturated carbocycles. The standard InChI is InChI=1S/C13H12OS/c1-9-12-6-4-3-5-11(12)7-8-13(9)15-10(2)14/h3-8H,1-2H3. The molecule has 0 radical (unpaired) electrons. The molecule has 76 valence electrons. The highest BCUT2D eigenvalue weighted by Crippen LogP contribution is 2.29. The van der Waals surface area contributed by atoms with Gasteiger partial charge in [0.1, 0.15) is 0 Å². The Balaban J connectivity index is 2.59. The Morgan fingerprint density at radius 1 is 1.13 bits per heavy atom. The Kier molecular flexibility index (Phi) is 2.78. The maximum atomic E-state index is 11.1. The SMILES string of the molecule is CC(=O)Sc1ccc2ccccc2c1C. The fourth-order valence-electron chi connectivity index (χ4n) is 1.67. The maximum Gasteiger partial charge on any atom is 0.190 e. The van der Waals surface area contributed by atoms with E-state index in [0.29, 0.717) is 0 Å². The lowest BCUT2D eigenvalue weighted by atomic mass is 10.1. The van der Waals surface area contributed by atoms with Crippen LogP contribution in [0.25, 0.3) is 10.8 Å². The van der Waals surface area contributed by atoms with Crippen LogP contribution in [0.15, 0.2) is 41.3 Å². The van der Waals surface area contributed by atoms with Crippen LogP contribution in [0.3, 0.4) is 0 Å². The van der Waals surface area contributed by atoms with Gasteiger partial charge in [0.25, 0.3) is 0 Å². The normalized spacial score (nSPS) is 10.5. The Bertz CT molecular complexity index is 517. The highest BCUT2D eigenvalue weighted by molar-refractivity contribution is 8.13. The van der Waals surface area contributed by atoms with E-state index in [9.17, 15) is 4.79 Å². The molecule has 0 N–H and O–H groups in total. The van der Waals surface area contributed by atoms with E-state index >= 15 is 0 Å². The lowest BCUT2D eigenvalue weighted by Crippen LogP contribution is -1.86. The van der Waals surface area contributed by atoms with Crippen LogP contribution in [0.5, 0.6) is 0 Å². The second-order valence-corrected chi connectivity index (χ2v) is 4.72. The van der Waals surface area contributed by atoms with Crippen molar-refractivity contribution in [1.29, 1.82) is 0 Å². The summed E-state index contributed by atoms with van der Waals surface area (Å²) in [7, 11) is 0. The van der Waals surface area contributed by atoms with Gasteiger partial charge in [-0.3, -0.25) is 4.79 Å². The Morgan fingerprint density at radius 3 is 2.60 bits per heavy atom. The maximum absolute atomic E-state index is 11.1. The van der Waals surface area contributed by atoms with Gasteiger partial charge in [-0.25, -0.2) is 0 Å². The van der Waals surface area contributed by atoms with Gasteiger partial charge in [0, 0.05) is 11.8 Å². The van der Waals surface area contributed by atoms with Crippen LogP contribution >= 0.6 is 11.8 Å². The van der Waals surface area contributed by atoms with Gasteiger partial charge >= 0.3 is 0 Å². The molecule has 0 saturated heterocycles. The quantitative estimate of drug-likeness (QED) is 0.675. The summed E-state index contributed by atoms with van der Waals surface area (Å²) in [6.45, 7) is 3.66. The molecular formula is C13H12OS. The van der Waals surface area contributed by atoms with E-state index in [0.717, 1.165) is 4.90 Å². The van der Waals surface area contributed by atoms with Crippen molar-refractivity contribution in [2.75, 3.05) is 0 Å². The lowest BCUT2D eigenvalue weighted by molar-refractivity contribution is -0.109. The topological polar surface area (TPSA) is 17.1 Å². The van der Waals surface area contributed by atoms with Crippen LogP contribution < -0.4 is 0 Å². The van der Waals surface area contributed by atoms with Crippen molar-refractivity contribution in [3.05, 3.63) is 42.0 Å². The number of benzene rings is 2. The van der Waals surface area contributed by atoms with E-state index in [1.807, 2.05) is 18.2 Å². The van der Waals surface area contributed by atoms with Gasteiger partial charge in [0.2, 0.25) is 0 Å². The van der Waals surface area contributed by atoms with Gasteiger partial charge in [0.15, 0.2) is 5.12 Å². The average Bonchev–Trinajstić information content (AvgIpc) is 2.22. The molecule has 0 aromatic heterocycles. The molecule has 0 bridgehead atoms. The number of thioether (sulfide) groups is 1. The zero-order chi connectivity index (χ0) is 10.8. The summed E-state index contributed by atoms with van der Waals surface area (Å²) in [6.07, 6.45) is 0. The molecule has 15 heavy (non-hydrogen) atoms. The number of rotatable bonds is 1. The van der Waals surface area contributed by atoms with Gasteiger partial charge < -0.3 is 0 Å². The molecule has 2 aromatic rings. The molecule has 0 spiro atoms. The second kappa shape index (κ2) is 4.07. The van der Waals surface area contributed by atoms with Crippen molar-refractivity contribution < 1.29 is 4.79 Å². The summed E-state index contributed by atoms with van der Waals surface area (Å²) in [5.74, 6) is 0. The minimum Gasteiger partial charge on any atom is -0.287 e. The van der Waals surface area contributed by atoms with Crippen molar-refractivity contribution in [3.63, 3.8) is 0 Å². The van der Waals surface area contributed by atoms with Gasteiger partial charge in [-0.2, -0.15) is 0 Å². The minimum absolute atomic E-state index is 0.133. The molecular weight excluding hydrogens is 204 g/mol. The first-order valence-electron chi connectivity index (χ1n) is 4.85. The van der Waals surface area contributed by atoms with E-state index in [2.05, 4.69) is 25.1 Å². The number of aryl methyl sites for hydroxylation is 1. The average molecular weight is 216 g/mol. The number of fused-ring (bicyclic) bond motifs is 1. The molecule has 0 fully saturated rings. The number of hydrogen-bond donors (Lipinski definition) is 0. The van der Waals surface area contributed by atoms with Crippen LogP contribution in [0.2, 0.25) is 0 Å². The summed E-state index contributed by atoms with van der Waals surface area (Å²) >= 11 is 1.30. The van der Waals surface area contributed by atoms with Gasteiger partial charge in [-0.15, -0.1) is 0 Å². The summed E-state index contributed by atoms with van der Waals surface area (Å²) in [6, 6.07) is 12.3. The summed E-state index contributed by atoms with van der Waals surface area (Å²) in [5, 5.41) is 2.58. The molecule has 0 amide bonds. The lowest BCUT2D eigenvalue weighted by Gasteiger charge is -2.06. The summed E-state index contributed by atoms with van der Waals surface area (Å²) in [5.41, 5.74) is 1.19. The molecule has 0 heterocycles. The Morgan fingerprint density at radius 2 is 1.87 bits per heavy atom. The third-order valence-corrected chi connectivity index (χ3v) is 3.35. The van der Waals surface area contributed by atoms with Crippen molar-refractivity contribution in [2.24, 2.45) is 0 Å². The first-order valence-corrected chi connectivity index (χ1v) is 5.67. The Labute approximate surface area is 93.5 Å². The van der Waals surface area contributed by atoms with Gasteiger partial charge in [-0.05, 0) is 29.3 Å². The van der Waals surface area contributed by atoms with E-state index in [4.69, 9.17) is 0 Å². The summed E-state index contributed by atoms with van der Waals surface area (Å²) < 4.78 is 0. The minimum atomic E-state index is 0.133. The van der Waals surface area contributed by atoms with E-state index in [1.165, 1.54) is 28.1 Å². The summed E-state index contributed by atoms with van der Waals surface area (Å²) in [4.78, 5) is 12.1. The monoisotopic (exact) mass is 216 g/mol. The third kappa shape index (κ3) is 2.05. The zero-order valence-electron chi connectivity index (χ0n) is 8.78. The van der Waals surface area contributed by atoms with E-state index in [1.54, 1.807) is 6.92 Å². The largest absolute Gasteiger partial charge is 0.287 e. The van der Waals surface area contributed by atoms with Crippen molar-refractivity contribution in [1.82, 2.24) is 0 Å².